The van der Waals surface area contributed by atoms with Crippen LogP contribution >= 0.6 is 11.3 Å². The summed E-state index contributed by atoms with van der Waals surface area (Å²) in [4.78, 5) is 4.38. The van der Waals surface area contributed by atoms with Crippen LogP contribution in [0.3, 0.4) is 0 Å². The first-order valence-electron chi connectivity index (χ1n) is 5.88. The normalized spacial score (nSPS) is 12.8. The lowest BCUT2D eigenvalue weighted by molar-refractivity contribution is 0.869. The summed E-state index contributed by atoms with van der Waals surface area (Å²) < 4.78 is 0. The number of pyridine rings is 1. The molecule has 3 heteroatoms. The van der Waals surface area contributed by atoms with Crippen LogP contribution in [0.2, 0.25) is 0 Å². The van der Waals surface area contributed by atoms with Crippen molar-refractivity contribution < 1.29 is 0 Å². The van der Waals surface area contributed by atoms with E-state index in [1.54, 1.807) is 11.3 Å². The molecule has 90 valence electrons. The van der Waals surface area contributed by atoms with Gasteiger partial charge in [-0.05, 0) is 46.5 Å². The quantitative estimate of drug-likeness (QED) is 0.758. The molecule has 1 aromatic carbocycles. The Morgan fingerprint density at radius 3 is 2.89 bits per heavy atom. The van der Waals surface area contributed by atoms with Gasteiger partial charge in [0.05, 0.1) is 11.6 Å². The summed E-state index contributed by atoms with van der Waals surface area (Å²) in [6, 6.07) is 10.2. The van der Waals surface area contributed by atoms with Crippen molar-refractivity contribution in [3.8, 4) is 0 Å². The molecule has 0 aliphatic carbocycles. The highest BCUT2D eigenvalue weighted by molar-refractivity contribution is 7.08. The molecule has 3 rings (SSSR count). The molecule has 0 aliphatic rings. The molecule has 0 radical (unpaired) electrons. The number of benzene rings is 1. The van der Waals surface area contributed by atoms with Gasteiger partial charge in [-0.2, -0.15) is 11.3 Å². The van der Waals surface area contributed by atoms with Crippen molar-refractivity contribution in [2.24, 2.45) is 5.73 Å². The van der Waals surface area contributed by atoms with E-state index in [0.717, 1.165) is 16.5 Å². The van der Waals surface area contributed by atoms with E-state index in [-0.39, 0.29) is 6.04 Å². The lowest BCUT2D eigenvalue weighted by atomic mass is 9.98. The molecule has 0 saturated heterocycles. The van der Waals surface area contributed by atoms with Gasteiger partial charge in [-0.25, -0.2) is 0 Å². The summed E-state index contributed by atoms with van der Waals surface area (Å²) >= 11 is 1.70. The maximum Gasteiger partial charge on any atom is 0.0705 e. The molecule has 2 nitrogen and oxygen atoms in total. The SMILES string of the molecule is Cc1cscc1C(N)c1ccc2cccnc2c1. The summed E-state index contributed by atoms with van der Waals surface area (Å²) in [5, 5.41) is 5.41. The molecule has 0 amide bonds. The molecule has 0 fully saturated rings. The van der Waals surface area contributed by atoms with Gasteiger partial charge >= 0.3 is 0 Å². The average molecular weight is 254 g/mol. The Hall–Kier alpha value is -1.71. The third kappa shape index (κ3) is 1.92. The van der Waals surface area contributed by atoms with Crippen molar-refractivity contribution in [3.05, 3.63) is 64.0 Å². The van der Waals surface area contributed by atoms with E-state index in [9.17, 15) is 0 Å². The minimum Gasteiger partial charge on any atom is -0.320 e. The third-order valence-corrected chi connectivity index (χ3v) is 4.10. The third-order valence-electron chi connectivity index (χ3n) is 3.22. The van der Waals surface area contributed by atoms with Crippen LogP contribution in [0.1, 0.15) is 22.7 Å². The highest BCUT2D eigenvalue weighted by Gasteiger charge is 2.12. The van der Waals surface area contributed by atoms with Crippen LogP contribution in [-0.4, -0.2) is 4.98 Å². The zero-order chi connectivity index (χ0) is 12.5. The van der Waals surface area contributed by atoms with Gasteiger partial charge < -0.3 is 5.73 Å². The number of fused-ring (bicyclic) bond motifs is 1. The standard InChI is InChI=1S/C15H14N2S/c1-10-8-18-9-13(10)15(16)12-5-4-11-3-2-6-17-14(11)7-12/h2-9,15H,16H2,1H3. The number of nitrogens with zero attached hydrogens (tertiary/aromatic N) is 1. The van der Waals surface area contributed by atoms with Crippen LogP contribution in [0, 0.1) is 6.92 Å². The number of hydrogen-bond donors (Lipinski definition) is 1. The minimum atomic E-state index is -0.0670. The van der Waals surface area contributed by atoms with Gasteiger partial charge in [-0.1, -0.05) is 18.2 Å². The zero-order valence-electron chi connectivity index (χ0n) is 10.1. The number of aromatic nitrogens is 1. The van der Waals surface area contributed by atoms with Crippen molar-refractivity contribution in [2.75, 3.05) is 0 Å². The predicted molar refractivity (Wildman–Crippen MR) is 76.8 cm³/mol. The van der Waals surface area contributed by atoms with Crippen molar-refractivity contribution >= 4 is 22.2 Å². The Morgan fingerprint density at radius 2 is 2.11 bits per heavy atom. The van der Waals surface area contributed by atoms with E-state index in [4.69, 9.17) is 5.73 Å². The second-order valence-corrected chi connectivity index (χ2v) is 5.19. The van der Waals surface area contributed by atoms with Crippen molar-refractivity contribution in [1.82, 2.24) is 4.98 Å². The Labute approximate surface area is 110 Å². The summed E-state index contributed by atoms with van der Waals surface area (Å²) in [7, 11) is 0. The molecule has 18 heavy (non-hydrogen) atoms. The summed E-state index contributed by atoms with van der Waals surface area (Å²) in [6.07, 6.45) is 1.81. The smallest absolute Gasteiger partial charge is 0.0705 e. The van der Waals surface area contributed by atoms with E-state index in [1.807, 2.05) is 12.3 Å². The fraction of sp³-hybridized carbons (Fsp3) is 0.133. The fourth-order valence-electron chi connectivity index (χ4n) is 2.15. The van der Waals surface area contributed by atoms with Crippen molar-refractivity contribution in [3.63, 3.8) is 0 Å². The molecule has 0 bridgehead atoms. The number of aryl methyl sites for hydroxylation is 1. The molecule has 1 unspecified atom stereocenters. The largest absolute Gasteiger partial charge is 0.320 e. The highest BCUT2D eigenvalue weighted by atomic mass is 32.1. The molecule has 3 aromatic rings. The van der Waals surface area contributed by atoms with Crippen LogP contribution < -0.4 is 5.73 Å². The molecular weight excluding hydrogens is 240 g/mol. The van der Waals surface area contributed by atoms with Gasteiger partial charge in [0.1, 0.15) is 0 Å². The van der Waals surface area contributed by atoms with Crippen LogP contribution in [0.15, 0.2) is 47.3 Å². The lowest BCUT2D eigenvalue weighted by Gasteiger charge is -2.12. The van der Waals surface area contributed by atoms with Gasteiger partial charge in [0.25, 0.3) is 0 Å². The first kappa shape index (κ1) is 11.4. The first-order chi connectivity index (χ1) is 8.75. The van der Waals surface area contributed by atoms with Gasteiger partial charge in [0, 0.05) is 11.6 Å². The Bertz CT molecular complexity index is 688. The van der Waals surface area contributed by atoms with Gasteiger partial charge in [-0.3, -0.25) is 4.98 Å². The number of nitrogens with two attached hydrogens (primary N) is 1. The molecule has 2 N–H and O–H groups in total. The van der Waals surface area contributed by atoms with Crippen molar-refractivity contribution in [2.45, 2.75) is 13.0 Å². The molecular formula is C15H14N2S. The van der Waals surface area contributed by atoms with Crippen LogP contribution in [0.5, 0.6) is 0 Å². The second-order valence-electron chi connectivity index (χ2n) is 4.44. The number of thiophene rings is 1. The van der Waals surface area contributed by atoms with Gasteiger partial charge in [0.2, 0.25) is 0 Å². The molecule has 0 spiro atoms. The van der Waals surface area contributed by atoms with E-state index < -0.39 is 0 Å². The maximum absolute atomic E-state index is 6.33. The Balaban J connectivity index is 2.07. The summed E-state index contributed by atoms with van der Waals surface area (Å²) in [5.74, 6) is 0. The summed E-state index contributed by atoms with van der Waals surface area (Å²) in [6.45, 7) is 2.10. The molecule has 0 aliphatic heterocycles. The van der Waals surface area contributed by atoms with Gasteiger partial charge in [-0.15, -0.1) is 0 Å². The summed E-state index contributed by atoms with van der Waals surface area (Å²) in [5.41, 5.74) is 10.9. The van der Waals surface area contributed by atoms with Crippen LogP contribution in [0.25, 0.3) is 10.9 Å². The van der Waals surface area contributed by atoms with E-state index in [0.29, 0.717) is 0 Å². The van der Waals surface area contributed by atoms with Crippen LogP contribution in [0.4, 0.5) is 0 Å². The first-order valence-corrected chi connectivity index (χ1v) is 6.83. The molecule has 0 saturated carbocycles. The highest BCUT2D eigenvalue weighted by Crippen LogP contribution is 2.27. The topological polar surface area (TPSA) is 38.9 Å². The van der Waals surface area contributed by atoms with E-state index in [1.165, 1.54) is 11.1 Å². The Kier molecular flexibility index (Phi) is 2.86. The maximum atomic E-state index is 6.33. The average Bonchev–Trinajstić information content (AvgIpc) is 2.83. The molecule has 2 aromatic heterocycles. The van der Waals surface area contributed by atoms with Gasteiger partial charge in [0.15, 0.2) is 0 Å². The lowest BCUT2D eigenvalue weighted by Crippen LogP contribution is -2.11. The number of hydrogen-bond acceptors (Lipinski definition) is 3. The zero-order valence-corrected chi connectivity index (χ0v) is 10.9. The molecule has 1 atom stereocenters. The molecule has 2 heterocycles. The monoisotopic (exact) mass is 254 g/mol. The number of rotatable bonds is 2. The fourth-order valence-corrected chi connectivity index (χ4v) is 3.03. The predicted octanol–water partition coefficient (Wildman–Crippen LogP) is 3.65. The van der Waals surface area contributed by atoms with E-state index in [2.05, 4.69) is 46.9 Å². The van der Waals surface area contributed by atoms with Crippen molar-refractivity contribution in [1.29, 1.82) is 0 Å². The Morgan fingerprint density at radius 1 is 1.22 bits per heavy atom. The minimum absolute atomic E-state index is 0.0670. The second kappa shape index (κ2) is 4.52. The van der Waals surface area contributed by atoms with Crippen LogP contribution in [-0.2, 0) is 0 Å². The van der Waals surface area contributed by atoms with E-state index >= 15 is 0 Å².